The van der Waals surface area contributed by atoms with Crippen LogP contribution in [-0.2, 0) is 4.79 Å². The Bertz CT molecular complexity index is 205. The van der Waals surface area contributed by atoms with Crippen LogP contribution in [0.25, 0.3) is 0 Å². The Morgan fingerprint density at radius 1 is 1.27 bits per heavy atom. The lowest BCUT2D eigenvalue weighted by molar-refractivity contribution is -0.114. The number of hydrogen-bond acceptors (Lipinski definition) is 1. The average Bonchev–Trinajstić information content (AvgIpc) is 2.58. The van der Waals surface area contributed by atoms with Crippen molar-refractivity contribution in [3.8, 4) is 0 Å². The second-order valence-corrected chi connectivity index (χ2v) is 4.67. The fourth-order valence-electron chi connectivity index (χ4n) is 3.74. The molecule has 1 heteroatoms. The van der Waals surface area contributed by atoms with Gasteiger partial charge in [0.15, 0.2) is 0 Å². The maximum atomic E-state index is 10.9. The zero-order valence-electron chi connectivity index (χ0n) is 6.75. The molecular formula is C10H14O. The first-order chi connectivity index (χ1) is 5.37. The van der Waals surface area contributed by atoms with E-state index in [1.807, 2.05) is 0 Å². The maximum Gasteiger partial charge on any atom is 0.123 e. The number of carbonyl (C=O) groups excluding carboxylic acids is 1. The van der Waals surface area contributed by atoms with E-state index >= 15 is 0 Å². The fraction of sp³-hybridized carbons (Fsp3) is 0.900. The zero-order valence-corrected chi connectivity index (χ0v) is 6.75. The first kappa shape index (κ1) is 6.22. The van der Waals surface area contributed by atoms with Gasteiger partial charge in [0.25, 0.3) is 0 Å². The van der Waals surface area contributed by atoms with E-state index in [-0.39, 0.29) is 0 Å². The first-order valence-electron chi connectivity index (χ1n) is 4.82. The Hall–Kier alpha value is -0.330. The minimum Gasteiger partial charge on any atom is -0.303 e. The van der Waals surface area contributed by atoms with Gasteiger partial charge in [-0.15, -0.1) is 0 Å². The predicted octanol–water partition coefficient (Wildman–Crippen LogP) is 2.01. The third kappa shape index (κ3) is 0.567. The molecule has 1 spiro atoms. The molecule has 3 rings (SSSR count). The minimum atomic E-state index is 0.473. The molecule has 3 unspecified atom stereocenters. The van der Waals surface area contributed by atoms with Gasteiger partial charge in [0, 0.05) is 5.92 Å². The number of aldehydes is 1. The molecule has 60 valence electrons. The van der Waals surface area contributed by atoms with Gasteiger partial charge in [-0.05, 0) is 49.4 Å². The molecule has 0 amide bonds. The molecule has 0 saturated heterocycles. The van der Waals surface area contributed by atoms with Gasteiger partial charge in [0.05, 0.1) is 0 Å². The van der Waals surface area contributed by atoms with Crippen molar-refractivity contribution in [1.29, 1.82) is 0 Å². The van der Waals surface area contributed by atoms with E-state index < -0.39 is 0 Å². The Kier molecular flexibility index (Phi) is 0.961. The molecule has 0 aromatic rings. The van der Waals surface area contributed by atoms with Crippen LogP contribution in [0.3, 0.4) is 0 Å². The molecule has 0 radical (unpaired) electrons. The summed E-state index contributed by atoms with van der Waals surface area (Å²) in [4.78, 5) is 10.9. The molecule has 0 aliphatic heterocycles. The summed E-state index contributed by atoms with van der Waals surface area (Å²) >= 11 is 0. The van der Waals surface area contributed by atoms with Gasteiger partial charge in [-0.3, -0.25) is 0 Å². The van der Waals surface area contributed by atoms with Crippen LogP contribution in [0.15, 0.2) is 0 Å². The summed E-state index contributed by atoms with van der Waals surface area (Å²) in [7, 11) is 0. The molecule has 0 aromatic carbocycles. The lowest BCUT2D eigenvalue weighted by Gasteiger charge is -2.26. The highest BCUT2D eigenvalue weighted by Gasteiger charge is 2.63. The van der Waals surface area contributed by atoms with Gasteiger partial charge >= 0.3 is 0 Å². The van der Waals surface area contributed by atoms with Crippen LogP contribution in [-0.4, -0.2) is 6.29 Å². The normalized spacial score (nSPS) is 50.0. The van der Waals surface area contributed by atoms with E-state index in [1.54, 1.807) is 0 Å². The summed E-state index contributed by atoms with van der Waals surface area (Å²) in [5.74, 6) is 2.21. The number of hydrogen-bond donors (Lipinski definition) is 0. The summed E-state index contributed by atoms with van der Waals surface area (Å²) in [5.41, 5.74) is 0.560. The molecule has 3 aliphatic carbocycles. The van der Waals surface area contributed by atoms with Gasteiger partial charge in [0.1, 0.15) is 6.29 Å². The molecule has 1 nitrogen and oxygen atoms in total. The molecule has 2 bridgehead atoms. The molecule has 3 aliphatic rings. The van der Waals surface area contributed by atoms with Crippen molar-refractivity contribution >= 4 is 6.29 Å². The van der Waals surface area contributed by atoms with E-state index in [0.717, 1.165) is 11.8 Å². The minimum absolute atomic E-state index is 0.473. The van der Waals surface area contributed by atoms with E-state index in [0.29, 0.717) is 11.3 Å². The van der Waals surface area contributed by atoms with Crippen LogP contribution >= 0.6 is 0 Å². The summed E-state index contributed by atoms with van der Waals surface area (Å²) in [6, 6.07) is 0. The Balaban J connectivity index is 1.98. The lowest BCUT2D eigenvalue weighted by Crippen LogP contribution is -2.24. The molecule has 3 saturated carbocycles. The highest BCUT2D eigenvalue weighted by molar-refractivity contribution is 5.58. The second-order valence-electron chi connectivity index (χ2n) is 4.67. The topological polar surface area (TPSA) is 17.1 Å². The quantitative estimate of drug-likeness (QED) is 0.522. The van der Waals surface area contributed by atoms with Crippen molar-refractivity contribution in [2.75, 3.05) is 0 Å². The van der Waals surface area contributed by atoms with Crippen molar-refractivity contribution < 1.29 is 4.79 Å². The fourth-order valence-corrected chi connectivity index (χ4v) is 3.74. The number of fused-ring (bicyclic) bond motifs is 3. The zero-order chi connectivity index (χ0) is 7.47. The van der Waals surface area contributed by atoms with Crippen LogP contribution in [0.5, 0.6) is 0 Å². The van der Waals surface area contributed by atoms with E-state index in [4.69, 9.17) is 0 Å². The Morgan fingerprint density at radius 3 is 2.64 bits per heavy atom. The van der Waals surface area contributed by atoms with E-state index in [1.165, 1.54) is 38.4 Å². The van der Waals surface area contributed by atoms with Gasteiger partial charge < -0.3 is 4.79 Å². The SMILES string of the molecule is O=CC1C2CCC(C2)C12CC2. The van der Waals surface area contributed by atoms with Crippen LogP contribution < -0.4 is 0 Å². The predicted molar refractivity (Wildman–Crippen MR) is 42.1 cm³/mol. The standard InChI is InChI=1S/C10H14O/c11-6-9-7-1-2-8(5-7)10(9)3-4-10/h6-9H,1-5H2. The molecule has 3 atom stereocenters. The third-order valence-corrected chi connectivity index (χ3v) is 4.43. The second kappa shape index (κ2) is 1.70. The van der Waals surface area contributed by atoms with Gasteiger partial charge in [-0.1, -0.05) is 0 Å². The molecule has 0 heterocycles. The van der Waals surface area contributed by atoms with Gasteiger partial charge in [-0.25, -0.2) is 0 Å². The first-order valence-corrected chi connectivity index (χ1v) is 4.82. The van der Waals surface area contributed by atoms with Crippen molar-refractivity contribution in [1.82, 2.24) is 0 Å². The van der Waals surface area contributed by atoms with Crippen LogP contribution in [0.2, 0.25) is 0 Å². The van der Waals surface area contributed by atoms with Crippen LogP contribution in [0, 0.1) is 23.2 Å². The van der Waals surface area contributed by atoms with Crippen LogP contribution in [0.1, 0.15) is 32.1 Å². The van der Waals surface area contributed by atoms with Crippen molar-refractivity contribution in [3.05, 3.63) is 0 Å². The van der Waals surface area contributed by atoms with Gasteiger partial charge in [-0.2, -0.15) is 0 Å². The summed E-state index contributed by atoms with van der Waals surface area (Å²) in [5, 5.41) is 0. The number of rotatable bonds is 1. The monoisotopic (exact) mass is 150 g/mol. The number of carbonyl (C=O) groups is 1. The highest BCUT2D eigenvalue weighted by atomic mass is 16.1. The third-order valence-electron chi connectivity index (χ3n) is 4.43. The Morgan fingerprint density at radius 2 is 2.09 bits per heavy atom. The van der Waals surface area contributed by atoms with E-state index in [9.17, 15) is 4.79 Å². The van der Waals surface area contributed by atoms with E-state index in [2.05, 4.69) is 0 Å². The highest BCUT2D eigenvalue weighted by Crippen LogP contribution is 2.70. The summed E-state index contributed by atoms with van der Waals surface area (Å²) in [6.45, 7) is 0. The average molecular weight is 150 g/mol. The molecule has 3 fully saturated rings. The van der Waals surface area contributed by atoms with Crippen LogP contribution in [0.4, 0.5) is 0 Å². The Labute approximate surface area is 67.2 Å². The molecular weight excluding hydrogens is 136 g/mol. The van der Waals surface area contributed by atoms with Gasteiger partial charge in [0.2, 0.25) is 0 Å². The largest absolute Gasteiger partial charge is 0.303 e. The van der Waals surface area contributed by atoms with Crippen molar-refractivity contribution in [3.63, 3.8) is 0 Å². The summed E-state index contributed by atoms with van der Waals surface area (Å²) in [6.07, 6.45) is 8.13. The van der Waals surface area contributed by atoms with Crippen molar-refractivity contribution in [2.24, 2.45) is 23.2 Å². The summed E-state index contributed by atoms with van der Waals surface area (Å²) < 4.78 is 0. The van der Waals surface area contributed by atoms with Crippen molar-refractivity contribution in [2.45, 2.75) is 32.1 Å². The molecule has 0 aromatic heterocycles. The smallest absolute Gasteiger partial charge is 0.123 e. The maximum absolute atomic E-state index is 10.9. The lowest BCUT2D eigenvalue weighted by atomic mass is 9.77. The molecule has 0 N–H and O–H groups in total. The molecule has 11 heavy (non-hydrogen) atoms.